The van der Waals surface area contributed by atoms with Crippen molar-refractivity contribution in [2.45, 2.75) is 83.2 Å². The molecular weight excluding hydrogens is 540 g/mol. The maximum Gasteiger partial charge on any atom is 0.333 e. The highest BCUT2D eigenvalue weighted by atomic mass is 35.5. The Morgan fingerprint density at radius 2 is 1.83 bits per heavy atom. The fourth-order valence-electron chi connectivity index (χ4n) is 6.43. The van der Waals surface area contributed by atoms with Gasteiger partial charge < -0.3 is 24.7 Å². The SMILES string of the molecule is Cc1ccc2c(c1)N(CCCCCCCCN(C)C(=O)[C@@H](C)C(O)C(=O)O)C[C@@]1(CCCc3cc(Cl)ccc31)CO2. The van der Waals surface area contributed by atoms with E-state index in [0.717, 1.165) is 81.6 Å². The lowest BCUT2D eigenvalue weighted by Gasteiger charge is -2.41. The molecule has 4 rings (SSSR count). The first-order valence-corrected chi connectivity index (χ1v) is 15.4. The zero-order valence-corrected chi connectivity index (χ0v) is 25.5. The molecule has 0 radical (unpaired) electrons. The number of carbonyl (C=O) groups is 2. The number of nitrogens with zero attached hydrogens (tertiary/aromatic N) is 2. The number of aliphatic hydroxyl groups excluding tert-OH is 1. The normalized spacial score (nSPS) is 19.5. The van der Waals surface area contributed by atoms with Crippen LogP contribution in [0.25, 0.3) is 0 Å². The van der Waals surface area contributed by atoms with Crippen LogP contribution in [0.3, 0.4) is 0 Å². The molecule has 1 unspecified atom stereocenters. The Balaban J connectivity index is 1.29. The van der Waals surface area contributed by atoms with Crippen LogP contribution in [0, 0.1) is 12.8 Å². The number of ether oxygens (including phenoxy) is 1. The minimum Gasteiger partial charge on any atom is -0.490 e. The Bertz CT molecular complexity index is 1220. The van der Waals surface area contributed by atoms with Crippen LogP contribution in [-0.2, 0) is 21.4 Å². The Morgan fingerprint density at radius 3 is 2.59 bits per heavy atom. The van der Waals surface area contributed by atoms with Crippen LogP contribution >= 0.6 is 11.6 Å². The van der Waals surface area contributed by atoms with Gasteiger partial charge in [0.25, 0.3) is 0 Å². The summed E-state index contributed by atoms with van der Waals surface area (Å²) >= 11 is 6.36. The molecule has 2 aliphatic rings. The number of halogens is 1. The van der Waals surface area contributed by atoms with Crippen LogP contribution in [0.15, 0.2) is 36.4 Å². The average molecular weight is 585 g/mol. The summed E-state index contributed by atoms with van der Waals surface area (Å²) in [5.74, 6) is -1.68. The van der Waals surface area contributed by atoms with Crippen LogP contribution < -0.4 is 9.64 Å². The van der Waals surface area contributed by atoms with Gasteiger partial charge in [-0.05, 0) is 80.0 Å². The van der Waals surface area contributed by atoms with E-state index in [2.05, 4.69) is 42.2 Å². The number of carboxylic acids is 1. The summed E-state index contributed by atoms with van der Waals surface area (Å²) in [6, 6.07) is 12.9. The number of amides is 1. The highest BCUT2D eigenvalue weighted by Gasteiger charge is 2.41. The van der Waals surface area contributed by atoms with E-state index >= 15 is 0 Å². The van der Waals surface area contributed by atoms with E-state index in [0.29, 0.717) is 13.2 Å². The number of benzene rings is 2. The Kier molecular flexibility index (Phi) is 10.6. The second-order valence-corrected chi connectivity index (χ2v) is 12.5. The lowest BCUT2D eigenvalue weighted by Crippen LogP contribution is -2.46. The van der Waals surface area contributed by atoms with Gasteiger partial charge in [-0.3, -0.25) is 4.79 Å². The van der Waals surface area contributed by atoms with Crippen molar-refractivity contribution in [1.82, 2.24) is 4.90 Å². The van der Waals surface area contributed by atoms with Gasteiger partial charge in [0.2, 0.25) is 5.91 Å². The third-order valence-corrected chi connectivity index (χ3v) is 9.09. The van der Waals surface area contributed by atoms with Gasteiger partial charge in [0.15, 0.2) is 6.10 Å². The number of carboxylic acid groups (broad SMARTS) is 1. The van der Waals surface area contributed by atoms with Crippen molar-refractivity contribution in [1.29, 1.82) is 0 Å². The van der Waals surface area contributed by atoms with E-state index in [1.54, 1.807) is 7.05 Å². The molecule has 1 amide bonds. The monoisotopic (exact) mass is 584 g/mol. The fourth-order valence-corrected chi connectivity index (χ4v) is 6.62. The number of aliphatic carboxylic acids is 1. The first-order valence-electron chi connectivity index (χ1n) is 15.0. The molecule has 8 heteroatoms. The van der Waals surface area contributed by atoms with Crippen LogP contribution in [0.4, 0.5) is 5.69 Å². The molecule has 1 aliphatic heterocycles. The molecule has 1 aliphatic carbocycles. The van der Waals surface area contributed by atoms with E-state index in [1.165, 1.54) is 34.2 Å². The maximum atomic E-state index is 12.4. The van der Waals surface area contributed by atoms with E-state index in [4.69, 9.17) is 21.4 Å². The van der Waals surface area contributed by atoms with Gasteiger partial charge in [0.05, 0.1) is 18.2 Å². The Hall–Kier alpha value is -2.77. The minimum absolute atomic E-state index is 0.0490. The lowest BCUT2D eigenvalue weighted by atomic mass is 9.70. The molecule has 3 atom stereocenters. The zero-order valence-electron chi connectivity index (χ0n) is 24.7. The van der Waals surface area contributed by atoms with Crippen molar-refractivity contribution in [3.63, 3.8) is 0 Å². The van der Waals surface area contributed by atoms with E-state index in [9.17, 15) is 14.7 Å². The number of aryl methyl sites for hydroxylation is 2. The summed E-state index contributed by atoms with van der Waals surface area (Å²) in [7, 11) is 1.67. The summed E-state index contributed by atoms with van der Waals surface area (Å²) < 4.78 is 6.52. The molecule has 224 valence electrons. The molecule has 1 heterocycles. The first-order chi connectivity index (χ1) is 19.6. The molecule has 0 aromatic heterocycles. The number of anilines is 1. The molecular formula is C33H45ClN2O5. The van der Waals surface area contributed by atoms with Crippen molar-refractivity contribution < 1.29 is 24.5 Å². The van der Waals surface area contributed by atoms with Crippen molar-refractivity contribution in [3.8, 4) is 5.75 Å². The number of carbonyl (C=O) groups excluding carboxylic acids is 1. The van der Waals surface area contributed by atoms with Gasteiger partial charge in [-0.15, -0.1) is 0 Å². The molecule has 41 heavy (non-hydrogen) atoms. The number of unbranched alkanes of at least 4 members (excludes halogenated alkanes) is 5. The first kappa shape index (κ1) is 31.2. The molecule has 2 N–H and O–H groups in total. The van der Waals surface area contributed by atoms with Gasteiger partial charge in [-0.2, -0.15) is 0 Å². The van der Waals surface area contributed by atoms with Gasteiger partial charge in [-0.1, -0.05) is 56.3 Å². The summed E-state index contributed by atoms with van der Waals surface area (Å²) in [4.78, 5) is 27.4. The number of hydrogen-bond acceptors (Lipinski definition) is 5. The molecule has 7 nitrogen and oxygen atoms in total. The maximum absolute atomic E-state index is 12.4. The second-order valence-electron chi connectivity index (χ2n) is 12.1. The molecule has 1 spiro atoms. The Labute approximate surface area is 249 Å². The zero-order chi connectivity index (χ0) is 29.6. The van der Waals surface area contributed by atoms with Gasteiger partial charge in [0, 0.05) is 37.1 Å². The summed E-state index contributed by atoms with van der Waals surface area (Å²) in [5, 5.41) is 19.4. The van der Waals surface area contributed by atoms with E-state index in [-0.39, 0.29) is 11.3 Å². The van der Waals surface area contributed by atoms with Crippen LogP contribution in [0.5, 0.6) is 5.75 Å². The summed E-state index contributed by atoms with van der Waals surface area (Å²) in [6.07, 6.45) is 7.96. The van der Waals surface area contributed by atoms with Crippen LogP contribution in [0.2, 0.25) is 5.02 Å². The molecule has 2 aromatic carbocycles. The third-order valence-electron chi connectivity index (χ3n) is 8.86. The smallest absolute Gasteiger partial charge is 0.333 e. The third kappa shape index (κ3) is 7.55. The van der Waals surface area contributed by atoms with E-state index < -0.39 is 18.0 Å². The van der Waals surface area contributed by atoms with Crippen molar-refractivity contribution >= 4 is 29.2 Å². The highest BCUT2D eigenvalue weighted by Crippen LogP contribution is 2.44. The average Bonchev–Trinajstić information content (AvgIpc) is 3.10. The van der Waals surface area contributed by atoms with Gasteiger partial charge in [0.1, 0.15) is 5.75 Å². The molecule has 0 fully saturated rings. The predicted octanol–water partition coefficient (Wildman–Crippen LogP) is 6.00. The molecule has 0 bridgehead atoms. The molecule has 0 saturated carbocycles. The molecule has 0 saturated heterocycles. The Morgan fingerprint density at radius 1 is 1.10 bits per heavy atom. The predicted molar refractivity (Wildman–Crippen MR) is 163 cm³/mol. The number of rotatable bonds is 12. The largest absolute Gasteiger partial charge is 0.490 e. The fraction of sp³-hybridized carbons (Fsp3) is 0.576. The van der Waals surface area contributed by atoms with Crippen LogP contribution in [-0.4, -0.2) is 66.4 Å². The quantitative estimate of drug-likeness (QED) is 0.297. The van der Waals surface area contributed by atoms with Gasteiger partial charge in [-0.25, -0.2) is 4.79 Å². The van der Waals surface area contributed by atoms with Crippen LogP contribution in [0.1, 0.15) is 75.0 Å². The summed E-state index contributed by atoms with van der Waals surface area (Å²) in [5.41, 5.74) is 5.12. The lowest BCUT2D eigenvalue weighted by molar-refractivity contribution is -0.155. The van der Waals surface area contributed by atoms with Gasteiger partial charge >= 0.3 is 5.97 Å². The molecule has 2 aromatic rings. The standard InChI is InChI=1S/C33H45ClN2O5/c1-23-12-15-29-28(19-23)36(21-33(22-41-29)16-10-11-25-20-26(34)13-14-27(25)33)18-9-7-5-4-6-8-17-35(3)31(38)24(2)30(37)32(39)40/h12-15,19-20,24,30,37H,4-11,16-18,21-22H2,1-3H3,(H,39,40)/t24-,30?,33-/m0/s1. The summed E-state index contributed by atoms with van der Waals surface area (Å²) in [6.45, 7) is 6.75. The van der Waals surface area contributed by atoms with Crippen molar-refractivity contribution in [2.24, 2.45) is 5.92 Å². The van der Waals surface area contributed by atoms with Crippen molar-refractivity contribution in [2.75, 3.05) is 38.2 Å². The topological polar surface area (TPSA) is 90.3 Å². The van der Waals surface area contributed by atoms with E-state index in [1.807, 2.05) is 6.07 Å². The highest BCUT2D eigenvalue weighted by molar-refractivity contribution is 6.30. The minimum atomic E-state index is -1.67. The second kappa shape index (κ2) is 13.9. The number of aliphatic hydroxyl groups is 1. The number of fused-ring (bicyclic) bond motifs is 3. The number of hydrogen-bond donors (Lipinski definition) is 2. The van der Waals surface area contributed by atoms with Crippen molar-refractivity contribution in [3.05, 3.63) is 58.1 Å².